The van der Waals surface area contributed by atoms with Crippen molar-refractivity contribution in [3.8, 4) is 33.4 Å². The molecule has 0 fully saturated rings. The van der Waals surface area contributed by atoms with Gasteiger partial charge in [-0.15, -0.1) is 0 Å². The maximum Gasteiger partial charge on any atom is 0.171 e. The van der Waals surface area contributed by atoms with E-state index in [-0.39, 0.29) is 5.41 Å². The molecule has 0 amide bonds. The van der Waals surface area contributed by atoms with Gasteiger partial charge in [-0.2, -0.15) is 0 Å². The van der Waals surface area contributed by atoms with E-state index in [9.17, 15) is 0 Å². The number of hydrogen-bond acceptors (Lipinski definition) is 2. The summed E-state index contributed by atoms with van der Waals surface area (Å²) < 4.78 is 30.5. The Bertz CT molecular complexity index is 2650. The minimum Gasteiger partial charge on any atom is -0.309 e. The second-order valence-corrected chi connectivity index (χ2v) is 20.3. The fraction of sp³-hybridized carbons (Fsp3) is 0.0588. The average Bonchev–Trinajstić information content (AvgIpc) is 3.50. The summed E-state index contributed by atoms with van der Waals surface area (Å²) in [5, 5.41) is 4.85. The van der Waals surface area contributed by atoms with E-state index in [4.69, 9.17) is 0 Å². The summed E-state index contributed by atoms with van der Waals surface area (Å²) in [6.07, 6.45) is 0. The number of hydrogen-bond donors (Lipinski definition) is 0. The molecule has 0 heterocycles. The van der Waals surface area contributed by atoms with E-state index < -0.39 is 14.3 Å². The van der Waals surface area contributed by atoms with Crippen LogP contribution in [0.15, 0.2) is 206 Å². The summed E-state index contributed by atoms with van der Waals surface area (Å²) in [7, 11) is -6.28. The summed E-state index contributed by atoms with van der Waals surface area (Å²) in [6.45, 7) is 4.61. The Hall–Kier alpha value is -5.78. The van der Waals surface area contributed by atoms with Gasteiger partial charge in [0.05, 0.1) is 0 Å². The van der Waals surface area contributed by atoms with Crippen LogP contribution in [0.1, 0.15) is 25.0 Å². The summed E-state index contributed by atoms with van der Waals surface area (Å²) in [4.78, 5) is 0. The van der Waals surface area contributed by atoms with Crippen molar-refractivity contribution < 1.29 is 9.13 Å². The van der Waals surface area contributed by atoms with E-state index in [0.29, 0.717) is 0 Å². The summed E-state index contributed by atoms with van der Waals surface area (Å²) in [6, 6.07) is 69.3. The van der Waals surface area contributed by atoms with Crippen LogP contribution in [-0.2, 0) is 14.5 Å². The van der Waals surface area contributed by atoms with Crippen molar-refractivity contribution in [2.24, 2.45) is 0 Å². The smallest absolute Gasteiger partial charge is 0.171 e. The fourth-order valence-electron chi connectivity index (χ4n) is 8.47. The Morgan fingerprint density at radius 3 is 1.11 bits per heavy atom. The van der Waals surface area contributed by atoms with Crippen molar-refractivity contribution in [3.05, 3.63) is 217 Å². The maximum absolute atomic E-state index is 15.3. The molecule has 9 rings (SSSR count). The van der Waals surface area contributed by atoms with Gasteiger partial charge in [0.15, 0.2) is 14.3 Å². The molecular weight excluding hydrogens is 707 g/mol. The lowest BCUT2D eigenvalue weighted by molar-refractivity contribution is 0.591. The highest BCUT2D eigenvalue weighted by atomic mass is 31.2. The van der Waals surface area contributed by atoms with E-state index in [0.717, 1.165) is 54.1 Å². The molecule has 0 saturated heterocycles. The third-order valence-electron chi connectivity index (χ3n) is 11.3. The lowest BCUT2D eigenvalue weighted by Gasteiger charge is -2.24. The SMILES string of the molecule is CC1(C)c2ccccc2-c2c1ccc(-c1ccc(P(=O)(c3ccccc3)c3ccccc3)cc1)c2-c1ccc(P(=O)(c2ccccc2)c2ccccc2)cc1. The predicted octanol–water partition coefficient (Wildman–Crippen LogP) is 10.6. The molecule has 0 N–H and O–H groups in total. The topological polar surface area (TPSA) is 34.1 Å². The Morgan fingerprint density at radius 2 is 0.673 bits per heavy atom. The van der Waals surface area contributed by atoms with Crippen molar-refractivity contribution in [1.82, 2.24) is 0 Å². The largest absolute Gasteiger partial charge is 0.309 e. The molecule has 0 unspecified atom stereocenters. The molecule has 0 aliphatic heterocycles. The average molecular weight is 747 g/mol. The van der Waals surface area contributed by atoms with Crippen LogP contribution in [-0.4, -0.2) is 0 Å². The minimum absolute atomic E-state index is 0.183. The molecule has 0 bridgehead atoms. The summed E-state index contributed by atoms with van der Waals surface area (Å²) in [5.41, 5.74) is 9.19. The standard InChI is InChI=1S/C51H40O2P2/c1-51(2)47-26-16-15-25-46(47)50-48(51)36-35-45(37-27-31-43(32-28-37)54(52,39-17-7-3-8-18-39)40-19-9-4-10-20-40)49(50)38-29-33-44(34-30-38)55(53,41-21-11-5-12-22-41)42-23-13-6-14-24-42/h3-36H,1-2H3. The van der Waals surface area contributed by atoms with Gasteiger partial charge < -0.3 is 9.13 Å². The van der Waals surface area contributed by atoms with Gasteiger partial charge in [0.1, 0.15) is 0 Å². The van der Waals surface area contributed by atoms with E-state index in [1.54, 1.807) is 0 Å². The molecule has 8 aromatic rings. The van der Waals surface area contributed by atoms with Gasteiger partial charge in [-0.05, 0) is 44.5 Å². The van der Waals surface area contributed by atoms with E-state index in [1.807, 2.05) is 133 Å². The first-order valence-electron chi connectivity index (χ1n) is 18.7. The Morgan fingerprint density at radius 1 is 0.309 bits per heavy atom. The zero-order chi connectivity index (χ0) is 37.6. The zero-order valence-electron chi connectivity index (χ0n) is 30.8. The van der Waals surface area contributed by atoms with Crippen LogP contribution >= 0.6 is 14.3 Å². The molecular formula is C51H40O2P2. The molecule has 0 spiro atoms. The highest BCUT2D eigenvalue weighted by Crippen LogP contribution is 2.55. The first-order chi connectivity index (χ1) is 26.8. The Labute approximate surface area is 323 Å². The van der Waals surface area contributed by atoms with Crippen LogP contribution in [0, 0.1) is 0 Å². The molecule has 0 atom stereocenters. The molecule has 0 saturated carbocycles. The summed E-state index contributed by atoms with van der Waals surface area (Å²) in [5.74, 6) is 0. The molecule has 4 heteroatoms. The van der Waals surface area contributed by atoms with Gasteiger partial charge >= 0.3 is 0 Å². The van der Waals surface area contributed by atoms with Crippen LogP contribution in [0.2, 0.25) is 0 Å². The van der Waals surface area contributed by atoms with Crippen molar-refractivity contribution in [1.29, 1.82) is 0 Å². The molecule has 8 aromatic carbocycles. The monoisotopic (exact) mass is 746 g/mol. The van der Waals surface area contributed by atoms with Crippen molar-refractivity contribution >= 4 is 46.1 Å². The summed E-state index contributed by atoms with van der Waals surface area (Å²) >= 11 is 0. The first kappa shape index (κ1) is 35.0. The Kier molecular flexibility index (Phi) is 8.78. The maximum atomic E-state index is 15.3. The highest BCUT2D eigenvalue weighted by Gasteiger charge is 2.38. The van der Waals surface area contributed by atoms with Crippen LogP contribution in [0.4, 0.5) is 0 Å². The fourth-order valence-corrected chi connectivity index (χ4v) is 13.8. The number of benzene rings is 8. The number of rotatable bonds is 8. The van der Waals surface area contributed by atoms with E-state index in [1.165, 1.54) is 22.3 Å². The van der Waals surface area contributed by atoms with Crippen LogP contribution in [0.3, 0.4) is 0 Å². The quantitative estimate of drug-likeness (QED) is 0.145. The molecule has 0 aromatic heterocycles. The molecule has 266 valence electrons. The van der Waals surface area contributed by atoms with Crippen LogP contribution < -0.4 is 31.8 Å². The molecule has 55 heavy (non-hydrogen) atoms. The second kappa shape index (κ2) is 13.8. The molecule has 1 aliphatic rings. The zero-order valence-corrected chi connectivity index (χ0v) is 32.6. The van der Waals surface area contributed by atoms with E-state index in [2.05, 4.69) is 86.6 Å². The van der Waals surface area contributed by atoms with Gasteiger partial charge in [-0.1, -0.05) is 220 Å². The minimum atomic E-state index is -3.15. The van der Waals surface area contributed by atoms with Crippen molar-refractivity contribution in [2.45, 2.75) is 19.3 Å². The second-order valence-electron chi connectivity index (χ2n) is 14.7. The number of fused-ring (bicyclic) bond motifs is 3. The third kappa shape index (κ3) is 5.72. The van der Waals surface area contributed by atoms with Gasteiger partial charge in [0, 0.05) is 37.2 Å². The van der Waals surface area contributed by atoms with Crippen molar-refractivity contribution in [2.75, 3.05) is 0 Å². The van der Waals surface area contributed by atoms with Crippen LogP contribution in [0.5, 0.6) is 0 Å². The van der Waals surface area contributed by atoms with Gasteiger partial charge in [-0.25, -0.2) is 0 Å². The Balaban J connectivity index is 1.22. The lowest BCUT2D eigenvalue weighted by Crippen LogP contribution is -2.24. The van der Waals surface area contributed by atoms with E-state index >= 15 is 9.13 Å². The van der Waals surface area contributed by atoms with Gasteiger partial charge in [0.25, 0.3) is 0 Å². The predicted molar refractivity (Wildman–Crippen MR) is 234 cm³/mol. The van der Waals surface area contributed by atoms with Gasteiger partial charge in [0.2, 0.25) is 0 Å². The van der Waals surface area contributed by atoms with Crippen LogP contribution in [0.25, 0.3) is 33.4 Å². The van der Waals surface area contributed by atoms with Crippen molar-refractivity contribution in [3.63, 3.8) is 0 Å². The first-order valence-corrected chi connectivity index (χ1v) is 22.1. The molecule has 1 aliphatic carbocycles. The lowest BCUT2D eigenvalue weighted by atomic mass is 9.80. The highest BCUT2D eigenvalue weighted by molar-refractivity contribution is 7.85. The normalized spacial score (nSPS) is 13.2. The van der Waals surface area contributed by atoms with Gasteiger partial charge in [-0.3, -0.25) is 0 Å². The third-order valence-corrected chi connectivity index (χ3v) is 17.4. The molecule has 0 radical (unpaired) electrons. The molecule has 2 nitrogen and oxygen atoms in total.